The summed E-state index contributed by atoms with van der Waals surface area (Å²) in [5.74, 6) is -0.0160. The Kier molecular flexibility index (Phi) is 4.47. The maximum Gasteiger partial charge on any atom is 0.244 e. The zero-order valence-electron chi connectivity index (χ0n) is 13.6. The van der Waals surface area contributed by atoms with Crippen LogP contribution in [0.25, 0.3) is 0 Å². The molecule has 0 spiro atoms. The number of carbonyl (C=O) groups is 1. The summed E-state index contributed by atoms with van der Waals surface area (Å²) in [6.45, 7) is 7.29. The Labute approximate surface area is 132 Å². The minimum Gasteiger partial charge on any atom is -0.378 e. The molecule has 1 aromatic rings. The molecule has 1 fully saturated rings. The normalized spacial score (nSPS) is 24.7. The van der Waals surface area contributed by atoms with Crippen LogP contribution in [0.2, 0.25) is 0 Å². The molecule has 1 aromatic carbocycles. The Morgan fingerprint density at radius 1 is 1.41 bits per heavy atom. The first-order chi connectivity index (χ1) is 10.6. The lowest BCUT2D eigenvalue weighted by molar-refractivity contribution is -0.125. The third-order valence-electron chi connectivity index (χ3n) is 4.74. The number of amides is 1. The number of hydrogen-bond donors (Lipinski definition) is 2. The summed E-state index contributed by atoms with van der Waals surface area (Å²) >= 11 is 0. The highest BCUT2D eigenvalue weighted by molar-refractivity contribution is 5.96. The van der Waals surface area contributed by atoms with Crippen molar-refractivity contribution in [3.63, 3.8) is 0 Å². The number of anilines is 1. The highest BCUT2D eigenvalue weighted by atomic mass is 16.5. The maximum absolute atomic E-state index is 12.2. The molecule has 0 aromatic heterocycles. The fraction of sp³-hybridized carbons (Fsp3) is 0.588. The van der Waals surface area contributed by atoms with Crippen LogP contribution >= 0.6 is 0 Å². The van der Waals surface area contributed by atoms with Gasteiger partial charge in [0.15, 0.2) is 0 Å². The third-order valence-corrected chi connectivity index (χ3v) is 4.74. The molecule has 2 atom stereocenters. The SMILES string of the molecule is CO[C@H]1CN[C@H]1C(=O)Nc1ccc2c(c1)CCN(C(C)C)C2. The molecule has 0 radical (unpaired) electrons. The van der Waals surface area contributed by atoms with Gasteiger partial charge in [-0.3, -0.25) is 9.69 Å². The third kappa shape index (κ3) is 3.02. The lowest BCUT2D eigenvalue weighted by atomic mass is 9.97. The Morgan fingerprint density at radius 2 is 2.23 bits per heavy atom. The van der Waals surface area contributed by atoms with Gasteiger partial charge in [0.1, 0.15) is 6.04 Å². The lowest BCUT2D eigenvalue weighted by Gasteiger charge is -2.35. The summed E-state index contributed by atoms with van der Waals surface area (Å²) in [6, 6.07) is 6.59. The smallest absolute Gasteiger partial charge is 0.244 e. The first-order valence-corrected chi connectivity index (χ1v) is 8.01. The van der Waals surface area contributed by atoms with E-state index in [1.54, 1.807) is 7.11 Å². The van der Waals surface area contributed by atoms with Crippen molar-refractivity contribution in [1.29, 1.82) is 0 Å². The molecule has 22 heavy (non-hydrogen) atoms. The van der Waals surface area contributed by atoms with Crippen molar-refractivity contribution >= 4 is 11.6 Å². The molecule has 2 aliphatic rings. The highest BCUT2D eigenvalue weighted by Crippen LogP contribution is 2.24. The monoisotopic (exact) mass is 303 g/mol. The van der Waals surface area contributed by atoms with Crippen LogP contribution in [-0.4, -0.2) is 49.2 Å². The van der Waals surface area contributed by atoms with Crippen LogP contribution < -0.4 is 10.6 Å². The fourth-order valence-electron chi connectivity index (χ4n) is 3.13. The number of rotatable bonds is 4. The number of hydrogen-bond acceptors (Lipinski definition) is 4. The Morgan fingerprint density at radius 3 is 2.86 bits per heavy atom. The van der Waals surface area contributed by atoms with Crippen molar-refractivity contribution in [3.8, 4) is 0 Å². The summed E-state index contributed by atoms with van der Waals surface area (Å²) in [5, 5.41) is 6.10. The summed E-state index contributed by atoms with van der Waals surface area (Å²) in [4.78, 5) is 14.7. The van der Waals surface area contributed by atoms with Crippen LogP contribution in [0.15, 0.2) is 18.2 Å². The lowest BCUT2D eigenvalue weighted by Crippen LogP contribution is -2.63. The molecule has 5 nitrogen and oxygen atoms in total. The minimum atomic E-state index is -0.238. The molecular formula is C17H25N3O2. The molecule has 1 saturated heterocycles. The van der Waals surface area contributed by atoms with Gasteiger partial charge in [-0.15, -0.1) is 0 Å². The van der Waals surface area contributed by atoms with E-state index in [-0.39, 0.29) is 18.1 Å². The second-order valence-corrected chi connectivity index (χ2v) is 6.45. The standard InChI is InChI=1S/C17H25N3O2/c1-11(2)20-7-6-12-8-14(5-4-13(12)10-20)19-17(21)16-15(22-3)9-18-16/h4-5,8,11,15-16,18H,6-7,9-10H2,1-3H3,(H,19,21)/t15-,16+/m0/s1. The van der Waals surface area contributed by atoms with Gasteiger partial charge in [0, 0.05) is 38.5 Å². The predicted octanol–water partition coefficient (Wildman–Crippen LogP) is 1.38. The molecule has 0 saturated carbocycles. The average Bonchev–Trinajstić information content (AvgIpc) is 2.45. The topological polar surface area (TPSA) is 53.6 Å². The van der Waals surface area contributed by atoms with E-state index < -0.39 is 0 Å². The Hall–Kier alpha value is -1.43. The van der Waals surface area contributed by atoms with Crippen molar-refractivity contribution < 1.29 is 9.53 Å². The van der Waals surface area contributed by atoms with E-state index in [2.05, 4.69) is 41.5 Å². The largest absolute Gasteiger partial charge is 0.378 e. The highest BCUT2D eigenvalue weighted by Gasteiger charge is 2.36. The van der Waals surface area contributed by atoms with Gasteiger partial charge in [0.05, 0.1) is 6.10 Å². The summed E-state index contributed by atoms with van der Waals surface area (Å²) < 4.78 is 5.25. The number of nitrogens with one attached hydrogen (secondary N) is 2. The molecule has 3 rings (SSSR count). The molecule has 2 heterocycles. The number of benzene rings is 1. The van der Waals surface area contributed by atoms with Gasteiger partial charge in [-0.1, -0.05) is 6.07 Å². The van der Waals surface area contributed by atoms with Crippen LogP contribution in [0.4, 0.5) is 5.69 Å². The second-order valence-electron chi connectivity index (χ2n) is 6.45. The molecular weight excluding hydrogens is 278 g/mol. The van der Waals surface area contributed by atoms with Crippen molar-refractivity contribution in [3.05, 3.63) is 29.3 Å². The molecule has 0 aliphatic carbocycles. The Balaban J connectivity index is 1.66. The molecule has 120 valence electrons. The van der Waals surface area contributed by atoms with E-state index in [4.69, 9.17) is 4.74 Å². The van der Waals surface area contributed by atoms with Crippen molar-refractivity contribution in [2.24, 2.45) is 0 Å². The molecule has 2 aliphatic heterocycles. The van der Waals surface area contributed by atoms with E-state index in [1.165, 1.54) is 11.1 Å². The van der Waals surface area contributed by atoms with E-state index in [9.17, 15) is 4.79 Å². The van der Waals surface area contributed by atoms with Crippen molar-refractivity contribution in [2.75, 3.05) is 25.5 Å². The van der Waals surface area contributed by atoms with Crippen LogP contribution in [-0.2, 0) is 22.5 Å². The van der Waals surface area contributed by atoms with E-state index in [0.717, 1.165) is 31.7 Å². The number of nitrogens with zero attached hydrogens (tertiary/aromatic N) is 1. The van der Waals surface area contributed by atoms with Crippen LogP contribution in [0.3, 0.4) is 0 Å². The van der Waals surface area contributed by atoms with Crippen LogP contribution in [0, 0.1) is 0 Å². The number of methoxy groups -OCH3 is 1. The molecule has 1 amide bonds. The summed E-state index contributed by atoms with van der Waals surface area (Å²) in [7, 11) is 1.64. The molecule has 2 N–H and O–H groups in total. The van der Waals surface area contributed by atoms with Gasteiger partial charge in [0.2, 0.25) is 5.91 Å². The minimum absolute atomic E-state index is 0.0160. The first-order valence-electron chi connectivity index (χ1n) is 8.01. The van der Waals surface area contributed by atoms with Gasteiger partial charge in [-0.05, 0) is 43.5 Å². The molecule has 0 unspecified atom stereocenters. The number of carbonyl (C=O) groups excluding carboxylic acids is 1. The number of fused-ring (bicyclic) bond motifs is 1. The quantitative estimate of drug-likeness (QED) is 0.882. The van der Waals surface area contributed by atoms with Gasteiger partial charge >= 0.3 is 0 Å². The van der Waals surface area contributed by atoms with Gasteiger partial charge in [0.25, 0.3) is 0 Å². The average molecular weight is 303 g/mol. The maximum atomic E-state index is 12.2. The molecule has 5 heteroatoms. The number of ether oxygens (including phenoxy) is 1. The first kappa shape index (κ1) is 15.5. The van der Waals surface area contributed by atoms with Crippen molar-refractivity contribution in [2.45, 2.75) is 45.0 Å². The van der Waals surface area contributed by atoms with E-state index >= 15 is 0 Å². The summed E-state index contributed by atoms with van der Waals surface area (Å²) in [6.07, 6.45) is 1.02. The fourth-order valence-corrected chi connectivity index (χ4v) is 3.13. The van der Waals surface area contributed by atoms with Crippen LogP contribution in [0.5, 0.6) is 0 Å². The predicted molar refractivity (Wildman–Crippen MR) is 86.9 cm³/mol. The van der Waals surface area contributed by atoms with E-state index in [1.807, 2.05) is 6.07 Å². The van der Waals surface area contributed by atoms with Crippen molar-refractivity contribution in [1.82, 2.24) is 10.2 Å². The summed E-state index contributed by atoms with van der Waals surface area (Å²) in [5.41, 5.74) is 3.60. The molecule has 0 bridgehead atoms. The zero-order valence-corrected chi connectivity index (χ0v) is 13.6. The van der Waals surface area contributed by atoms with E-state index in [0.29, 0.717) is 6.04 Å². The van der Waals surface area contributed by atoms with Gasteiger partial charge in [-0.25, -0.2) is 0 Å². The van der Waals surface area contributed by atoms with Gasteiger partial charge < -0.3 is 15.4 Å². The Bertz CT molecular complexity index is 557. The van der Waals surface area contributed by atoms with Crippen LogP contribution in [0.1, 0.15) is 25.0 Å². The zero-order chi connectivity index (χ0) is 15.7. The van der Waals surface area contributed by atoms with Gasteiger partial charge in [-0.2, -0.15) is 0 Å². The second kappa shape index (κ2) is 6.36.